The first-order chi connectivity index (χ1) is 14.8. The summed E-state index contributed by atoms with van der Waals surface area (Å²) in [5.74, 6) is -0.756. The summed E-state index contributed by atoms with van der Waals surface area (Å²) in [6.45, 7) is 7.36. The number of aromatic nitrogens is 3. The van der Waals surface area contributed by atoms with Gasteiger partial charge in [0.1, 0.15) is 0 Å². The topological polar surface area (TPSA) is 86.1 Å². The molecule has 0 aliphatic heterocycles. The number of rotatable bonds is 7. The number of aryl methyl sites for hydroxylation is 4. The molecule has 162 valence electrons. The Morgan fingerprint density at radius 3 is 2.35 bits per heavy atom. The van der Waals surface area contributed by atoms with Crippen molar-refractivity contribution in [2.24, 2.45) is 0 Å². The molecule has 7 nitrogen and oxygen atoms in total. The van der Waals surface area contributed by atoms with Gasteiger partial charge in [0.05, 0.1) is 10.7 Å². The smallest absolute Gasteiger partial charge is 0.359 e. The van der Waals surface area contributed by atoms with Crippen LogP contribution >= 0.6 is 11.6 Å². The molecular weight excluding hydrogens is 416 g/mol. The zero-order valence-corrected chi connectivity index (χ0v) is 18.8. The number of benzene rings is 1. The molecule has 31 heavy (non-hydrogen) atoms. The molecule has 0 fully saturated rings. The highest BCUT2D eigenvalue weighted by molar-refractivity contribution is 6.33. The average Bonchev–Trinajstić information content (AvgIpc) is 3.10. The largest absolute Gasteiger partial charge is 0.451 e. The van der Waals surface area contributed by atoms with Crippen LogP contribution < -0.4 is 5.32 Å². The van der Waals surface area contributed by atoms with Crippen LogP contribution in [0.2, 0.25) is 5.02 Å². The highest BCUT2D eigenvalue weighted by atomic mass is 35.5. The summed E-state index contributed by atoms with van der Waals surface area (Å²) < 4.78 is 6.80. The summed E-state index contributed by atoms with van der Waals surface area (Å²) in [6.07, 6.45) is 1.56. The third-order valence-corrected chi connectivity index (χ3v) is 5.15. The number of esters is 1. The van der Waals surface area contributed by atoms with Gasteiger partial charge in [0.25, 0.3) is 5.91 Å². The average molecular weight is 441 g/mol. The van der Waals surface area contributed by atoms with Crippen LogP contribution in [0.1, 0.15) is 46.9 Å². The third kappa shape index (κ3) is 5.11. The Labute approximate surface area is 186 Å². The number of nitrogens with one attached hydrogen (secondary N) is 1. The normalized spacial score (nSPS) is 10.7. The minimum Gasteiger partial charge on any atom is -0.451 e. The second-order valence-corrected chi connectivity index (χ2v) is 7.53. The molecule has 0 spiro atoms. The molecule has 0 unspecified atom stereocenters. The molecule has 1 N–H and O–H groups in total. The summed E-state index contributed by atoms with van der Waals surface area (Å²) in [5, 5.41) is 7.36. The first-order valence-electron chi connectivity index (χ1n) is 10.1. The van der Waals surface area contributed by atoms with E-state index in [0.717, 1.165) is 41.0 Å². The number of halogens is 1. The van der Waals surface area contributed by atoms with Crippen LogP contribution in [-0.2, 0) is 22.4 Å². The van der Waals surface area contributed by atoms with E-state index < -0.39 is 18.5 Å². The van der Waals surface area contributed by atoms with Gasteiger partial charge in [-0.15, -0.1) is 0 Å². The standard InChI is InChI=1S/C23H25ClN4O3/c1-5-16-8-7-9-17(6-2)21(16)26-20(29)13-31-23(30)22-18(24)10-11-19(25-22)28-15(4)12-14(3)27-28/h7-12H,5-6,13H2,1-4H3,(H,26,29). The Morgan fingerprint density at radius 2 is 1.77 bits per heavy atom. The van der Waals surface area contributed by atoms with Gasteiger partial charge in [0.15, 0.2) is 18.1 Å². The lowest BCUT2D eigenvalue weighted by molar-refractivity contribution is -0.119. The Balaban J connectivity index is 1.72. The molecule has 1 amide bonds. The molecule has 8 heteroatoms. The molecule has 3 aromatic rings. The molecule has 0 saturated heterocycles. The van der Waals surface area contributed by atoms with Crippen LogP contribution in [0.4, 0.5) is 5.69 Å². The SMILES string of the molecule is CCc1cccc(CC)c1NC(=O)COC(=O)c1nc(-n2nc(C)cc2C)ccc1Cl. The van der Waals surface area contributed by atoms with E-state index in [1.54, 1.807) is 16.8 Å². The van der Waals surface area contributed by atoms with Gasteiger partial charge in [-0.1, -0.05) is 43.6 Å². The van der Waals surface area contributed by atoms with Crippen molar-refractivity contribution in [1.29, 1.82) is 0 Å². The minimum atomic E-state index is -0.775. The lowest BCUT2D eigenvalue weighted by Crippen LogP contribution is -2.23. The second kappa shape index (κ2) is 9.75. The van der Waals surface area contributed by atoms with Crippen molar-refractivity contribution in [2.75, 3.05) is 11.9 Å². The number of hydrogen-bond donors (Lipinski definition) is 1. The zero-order valence-electron chi connectivity index (χ0n) is 18.0. The van der Waals surface area contributed by atoms with Gasteiger partial charge in [0.2, 0.25) is 0 Å². The van der Waals surface area contributed by atoms with Gasteiger partial charge < -0.3 is 10.1 Å². The maximum absolute atomic E-state index is 12.6. The van der Waals surface area contributed by atoms with Crippen molar-refractivity contribution in [3.8, 4) is 5.82 Å². The number of amides is 1. The van der Waals surface area contributed by atoms with Crippen LogP contribution in [0.25, 0.3) is 5.82 Å². The van der Waals surface area contributed by atoms with E-state index in [2.05, 4.69) is 15.4 Å². The zero-order chi connectivity index (χ0) is 22.5. The molecule has 0 radical (unpaired) electrons. The lowest BCUT2D eigenvalue weighted by Gasteiger charge is -2.14. The van der Waals surface area contributed by atoms with Crippen molar-refractivity contribution in [3.63, 3.8) is 0 Å². The van der Waals surface area contributed by atoms with Crippen LogP contribution in [0, 0.1) is 13.8 Å². The molecule has 0 aliphatic rings. The summed E-state index contributed by atoms with van der Waals surface area (Å²) in [5.41, 5.74) is 4.46. The Bertz CT molecular complexity index is 1100. The van der Waals surface area contributed by atoms with Gasteiger partial charge in [-0.25, -0.2) is 14.5 Å². The van der Waals surface area contributed by atoms with E-state index in [4.69, 9.17) is 16.3 Å². The molecule has 0 atom stereocenters. The molecule has 1 aromatic carbocycles. The quantitative estimate of drug-likeness (QED) is 0.548. The fourth-order valence-electron chi connectivity index (χ4n) is 3.33. The van der Waals surface area contributed by atoms with Crippen molar-refractivity contribution in [1.82, 2.24) is 14.8 Å². The van der Waals surface area contributed by atoms with E-state index in [1.807, 2.05) is 52.0 Å². The van der Waals surface area contributed by atoms with Crippen molar-refractivity contribution in [3.05, 3.63) is 69.6 Å². The number of para-hydroxylation sites is 1. The number of ether oxygens (including phenoxy) is 1. The van der Waals surface area contributed by atoms with E-state index in [-0.39, 0.29) is 10.7 Å². The number of pyridine rings is 1. The van der Waals surface area contributed by atoms with Gasteiger partial charge in [-0.2, -0.15) is 5.10 Å². The van der Waals surface area contributed by atoms with Crippen LogP contribution in [0.3, 0.4) is 0 Å². The molecule has 0 bridgehead atoms. The second-order valence-electron chi connectivity index (χ2n) is 7.12. The van der Waals surface area contributed by atoms with Crippen molar-refractivity contribution in [2.45, 2.75) is 40.5 Å². The highest BCUT2D eigenvalue weighted by Crippen LogP contribution is 2.23. The first-order valence-corrected chi connectivity index (χ1v) is 10.5. The minimum absolute atomic E-state index is 0.0669. The van der Waals surface area contributed by atoms with Gasteiger partial charge in [-0.3, -0.25) is 4.79 Å². The van der Waals surface area contributed by atoms with Crippen molar-refractivity contribution >= 4 is 29.2 Å². The number of anilines is 1. The number of carbonyl (C=O) groups is 2. The van der Waals surface area contributed by atoms with Crippen molar-refractivity contribution < 1.29 is 14.3 Å². The molecule has 3 rings (SSSR count). The van der Waals surface area contributed by atoms with Gasteiger partial charge in [-0.05, 0) is 56.0 Å². The van der Waals surface area contributed by atoms with E-state index in [1.165, 1.54) is 0 Å². The molecular formula is C23H25ClN4O3. The summed E-state index contributed by atoms with van der Waals surface area (Å²) >= 11 is 6.15. The maximum atomic E-state index is 12.6. The van der Waals surface area contributed by atoms with E-state index in [9.17, 15) is 9.59 Å². The summed E-state index contributed by atoms with van der Waals surface area (Å²) in [7, 11) is 0. The fourth-order valence-corrected chi connectivity index (χ4v) is 3.51. The molecule has 2 aromatic heterocycles. The lowest BCUT2D eigenvalue weighted by atomic mass is 10.0. The number of hydrogen-bond acceptors (Lipinski definition) is 5. The third-order valence-electron chi connectivity index (χ3n) is 4.85. The number of carbonyl (C=O) groups excluding carboxylic acids is 2. The summed E-state index contributed by atoms with van der Waals surface area (Å²) in [6, 6.07) is 11.0. The van der Waals surface area contributed by atoms with E-state index >= 15 is 0 Å². The predicted octanol–water partition coefficient (Wildman–Crippen LogP) is 4.46. The Kier molecular flexibility index (Phi) is 7.07. The first kappa shape index (κ1) is 22.5. The Hall–Kier alpha value is -3.19. The maximum Gasteiger partial charge on any atom is 0.359 e. The van der Waals surface area contributed by atoms with Gasteiger partial charge in [0, 0.05) is 11.4 Å². The fraction of sp³-hybridized carbons (Fsp3) is 0.304. The molecule has 2 heterocycles. The molecule has 0 saturated carbocycles. The van der Waals surface area contributed by atoms with Gasteiger partial charge >= 0.3 is 5.97 Å². The van der Waals surface area contributed by atoms with Crippen LogP contribution in [0.5, 0.6) is 0 Å². The monoisotopic (exact) mass is 440 g/mol. The predicted molar refractivity (Wildman–Crippen MR) is 120 cm³/mol. The van der Waals surface area contributed by atoms with Crippen LogP contribution in [0.15, 0.2) is 36.4 Å². The summed E-state index contributed by atoms with van der Waals surface area (Å²) in [4.78, 5) is 29.3. The number of nitrogens with zero attached hydrogens (tertiary/aromatic N) is 3. The highest BCUT2D eigenvalue weighted by Gasteiger charge is 2.19. The molecule has 0 aliphatic carbocycles. The van der Waals surface area contributed by atoms with E-state index in [0.29, 0.717) is 5.82 Å². The van der Waals surface area contributed by atoms with Crippen LogP contribution in [-0.4, -0.2) is 33.2 Å². The Morgan fingerprint density at radius 1 is 1.10 bits per heavy atom.